The summed E-state index contributed by atoms with van der Waals surface area (Å²) in [6.45, 7) is 10.2. The zero-order chi connectivity index (χ0) is 26.3. The number of nitrogens with zero attached hydrogens (tertiary/aromatic N) is 4. The summed E-state index contributed by atoms with van der Waals surface area (Å²) in [6, 6.07) is 6.73. The van der Waals surface area contributed by atoms with Crippen molar-refractivity contribution in [1.29, 1.82) is 0 Å². The number of carboxylic acid groups (broad SMARTS) is 1. The van der Waals surface area contributed by atoms with Gasteiger partial charge in [-0.05, 0) is 107 Å². The highest BCUT2D eigenvalue weighted by molar-refractivity contribution is 5.73. The Morgan fingerprint density at radius 1 is 1.24 bits per heavy atom. The quantitative estimate of drug-likeness (QED) is 0.546. The molecule has 1 aliphatic heterocycles. The Labute approximate surface area is 220 Å². The molecule has 1 saturated carbocycles. The number of likely N-dealkylation sites (N-methyl/N-ethyl adjacent to an activating group) is 1. The van der Waals surface area contributed by atoms with Gasteiger partial charge in [0.25, 0.3) is 0 Å². The van der Waals surface area contributed by atoms with E-state index in [1.165, 1.54) is 36.6 Å². The van der Waals surface area contributed by atoms with Gasteiger partial charge in [0.1, 0.15) is 11.9 Å². The Hall–Kier alpha value is -2.25. The molecule has 1 saturated heterocycles. The molecule has 3 aliphatic rings. The first-order valence-corrected chi connectivity index (χ1v) is 14.2. The van der Waals surface area contributed by atoms with Crippen molar-refractivity contribution in [3.63, 3.8) is 0 Å². The lowest BCUT2D eigenvalue weighted by atomic mass is 9.74. The molecular weight excluding hydrogens is 467 g/mol. The van der Waals surface area contributed by atoms with Crippen LogP contribution < -0.4 is 0 Å². The van der Waals surface area contributed by atoms with Gasteiger partial charge in [0, 0.05) is 30.2 Å². The van der Waals surface area contributed by atoms with Gasteiger partial charge >= 0.3 is 5.97 Å². The van der Waals surface area contributed by atoms with E-state index in [9.17, 15) is 14.3 Å². The maximum absolute atomic E-state index is 14.2. The number of hydrogen-bond donors (Lipinski definition) is 1. The summed E-state index contributed by atoms with van der Waals surface area (Å²) in [5.41, 5.74) is 4.27. The minimum atomic E-state index is -0.757. The number of carbonyl (C=O) groups is 1. The number of fused-ring (bicyclic) bond motifs is 2. The van der Waals surface area contributed by atoms with Gasteiger partial charge < -0.3 is 10.0 Å². The van der Waals surface area contributed by atoms with Gasteiger partial charge in [-0.25, -0.2) is 4.39 Å². The number of halogens is 1. The average Bonchev–Trinajstić information content (AvgIpc) is 3.56. The fraction of sp³-hybridized carbons (Fsp3) is 0.667. The summed E-state index contributed by atoms with van der Waals surface area (Å²) in [5.74, 6) is -0.302. The number of piperidine rings is 1. The van der Waals surface area contributed by atoms with Crippen molar-refractivity contribution in [2.75, 3.05) is 26.7 Å². The molecule has 2 aliphatic carbocycles. The number of carboxylic acids is 1. The fourth-order valence-corrected chi connectivity index (χ4v) is 7.83. The summed E-state index contributed by atoms with van der Waals surface area (Å²) in [4.78, 5) is 16.8. The molecule has 202 valence electrons. The number of benzene rings is 1. The van der Waals surface area contributed by atoms with Crippen LogP contribution in [0.3, 0.4) is 0 Å². The summed E-state index contributed by atoms with van der Waals surface area (Å²) in [7, 11) is 1.97. The van der Waals surface area contributed by atoms with E-state index < -0.39 is 12.0 Å². The van der Waals surface area contributed by atoms with E-state index in [4.69, 9.17) is 0 Å². The van der Waals surface area contributed by atoms with E-state index in [1.54, 1.807) is 6.07 Å². The molecule has 2 aromatic rings. The van der Waals surface area contributed by atoms with E-state index in [0.29, 0.717) is 5.92 Å². The highest BCUT2D eigenvalue weighted by Gasteiger charge is 2.45. The number of aromatic nitrogens is 2. The van der Waals surface area contributed by atoms with E-state index >= 15 is 0 Å². The molecule has 1 spiro atoms. The van der Waals surface area contributed by atoms with Crippen LogP contribution in [0.15, 0.2) is 30.5 Å². The molecule has 5 rings (SSSR count). The molecule has 0 amide bonds. The van der Waals surface area contributed by atoms with Gasteiger partial charge in [-0.3, -0.25) is 14.4 Å². The monoisotopic (exact) mass is 510 g/mol. The predicted molar refractivity (Wildman–Crippen MR) is 143 cm³/mol. The van der Waals surface area contributed by atoms with Crippen LogP contribution in [0.25, 0.3) is 0 Å². The molecule has 0 bridgehead atoms. The molecule has 1 aromatic carbocycles. The minimum Gasteiger partial charge on any atom is -0.480 e. The van der Waals surface area contributed by atoms with E-state index in [-0.39, 0.29) is 29.1 Å². The van der Waals surface area contributed by atoms with Crippen LogP contribution in [0.2, 0.25) is 0 Å². The van der Waals surface area contributed by atoms with Crippen molar-refractivity contribution < 1.29 is 14.3 Å². The first-order chi connectivity index (χ1) is 17.7. The maximum atomic E-state index is 14.2. The molecule has 0 radical (unpaired) electrons. The highest BCUT2D eigenvalue weighted by atomic mass is 19.1. The third-order valence-electron chi connectivity index (χ3n) is 9.81. The molecule has 4 atom stereocenters. The molecule has 1 N–H and O–H groups in total. The van der Waals surface area contributed by atoms with Gasteiger partial charge in [-0.15, -0.1) is 0 Å². The molecule has 2 fully saturated rings. The van der Waals surface area contributed by atoms with Gasteiger partial charge in [-0.2, -0.15) is 5.10 Å². The average molecular weight is 511 g/mol. The van der Waals surface area contributed by atoms with Crippen molar-refractivity contribution in [2.45, 2.75) is 89.3 Å². The van der Waals surface area contributed by atoms with Crippen molar-refractivity contribution in [2.24, 2.45) is 11.8 Å². The lowest BCUT2D eigenvalue weighted by Gasteiger charge is -2.41. The third-order valence-corrected chi connectivity index (χ3v) is 9.81. The zero-order valence-corrected chi connectivity index (χ0v) is 22.9. The molecule has 37 heavy (non-hydrogen) atoms. The highest BCUT2D eigenvalue weighted by Crippen LogP contribution is 2.48. The Bertz CT molecular complexity index is 1110. The summed E-state index contributed by atoms with van der Waals surface area (Å²) >= 11 is 0. The molecule has 0 unspecified atom stereocenters. The fourth-order valence-electron chi connectivity index (χ4n) is 7.83. The van der Waals surface area contributed by atoms with Gasteiger partial charge in [-0.1, -0.05) is 26.0 Å². The van der Waals surface area contributed by atoms with Crippen LogP contribution in [0, 0.1) is 17.7 Å². The van der Waals surface area contributed by atoms with E-state index in [1.807, 2.05) is 27.0 Å². The van der Waals surface area contributed by atoms with Crippen molar-refractivity contribution >= 4 is 5.97 Å². The van der Waals surface area contributed by atoms with Gasteiger partial charge in [0.15, 0.2) is 0 Å². The van der Waals surface area contributed by atoms with Crippen LogP contribution in [0.5, 0.6) is 0 Å². The smallest absolute Gasteiger partial charge is 0.321 e. The second kappa shape index (κ2) is 10.5. The number of aliphatic carboxylic acids is 1. The Morgan fingerprint density at radius 3 is 2.65 bits per heavy atom. The molecule has 1 aromatic heterocycles. The van der Waals surface area contributed by atoms with Gasteiger partial charge in [0.05, 0.1) is 6.20 Å². The van der Waals surface area contributed by atoms with E-state index in [0.717, 1.165) is 51.0 Å². The maximum Gasteiger partial charge on any atom is 0.321 e. The number of aryl methyl sites for hydroxylation is 1. The summed E-state index contributed by atoms with van der Waals surface area (Å²) in [6.07, 6.45) is 8.67. The standard InChI is InChI=1S/C30H43FN4O2/c1-5-35-27-9-10-30(26(27)18-32-35)11-13-34(14-12-30)19-22-16-24(33(4)28(20(2)3)29(36)37)17-25(22)21-7-6-8-23(31)15-21/h6-8,15,18,20,22,24-25,28H,5,9-14,16-17,19H2,1-4H3,(H,36,37)/t22-,24+,25-,28-/m1/s1. The first-order valence-electron chi connectivity index (χ1n) is 14.2. The molecule has 6 nitrogen and oxygen atoms in total. The molecule has 7 heteroatoms. The lowest BCUT2D eigenvalue weighted by molar-refractivity contribution is -0.145. The number of hydrogen-bond acceptors (Lipinski definition) is 4. The topological polar surface area (TPSA) is 61.6 Å². The Morgan fingerprint density at radius 2 is 2.00 bits per heavy atom. The third kappa shape index (κ3) is 4.97. The largest absolute Gasteiger partial charge is 0.480 e. The van der Waals surface area contributed by atoms with Crippen LogP contribution in [-0.4, -0.2) is 69.4 Å². The SMILES string of the molecule is CCn1ncc2c1CCC21CCN(C[C@H]2C[C@H](N(C)[C@@H](C(=O)O)C(C)C)C[C@@H]2c2cccc(F)c2)CC1. The summed E-state index contributed by atoms with van der Waals surface area (Å²) < 4.78 is 16.4. The molecule has 2 heterocycles. The second-order valence-electron chi connectivity index (χ2n) is 12.1. The van der Waals surface area contributed by atoms with E-state index in [2.05, 4.69) is 38.8 Å². The first kappa shape index (κ1) is 26.4. The van der Waals surface area contributed by atoms with Crippen LogP contribution >= 0.6 is 0 Å². The Kier molecular flexibility index (Phi) is 7.47. The van der Waals surface area contributed by atoms with Crippen LogP contribution in [0.1, 0.15) is 75.6 Å². The van der Waals surface area contributed by atoms with Crippen LogP contribution in [0.4, 0.5) is 4.39 Å². The normalized spacial score (nSPS) is 26.3. The molecular formula is C30H43FN4O2. The second-order valence-corrected chi connectivity index (χ2v) is 12.1. The number of likely N-dealkylation sites (tertiary alicyclic amines) is 1. The van der Waals surface area contributed by atoms with Crippen molar-refractivity contribution in [1.82, 2.24) is 19.6 Å². The number of rotatable bonds is 8. The van der Waals surface area contributed by atoms with Crippen LogP contribution in [-0.2, 0) is 23.2 Å². The minimum absolute atomic E-state index is 0.0285. The lowest BCUT2D eigenvalue weighted by Crippen LogP contribution is -2.47. The summed E-state index contributed by atoms with van der Waals surface area (Å²) in [5, 5.41) is 14.6. The van der Waals surface area contributed by atoms with Crippen molar-refractivity contribution in [3.05, 3.63) is 53.1 Å². The van der Waals surface area contributed by atoms with Gasteiger partial charge in [0.2, 0.25) is 0 Å². The zero-order valence-electron chi connectivity index (χ0n) is 22.9. The predicted octanol–water partition coefficient (Wildman–Crippen LogP) is 4.93. The Balaban J connectivity index is 1.30. The van der Waals surface area contributed by atoms with Crippen molar-refractivity contribution in [3.8, 4) is 0 Å².